The van der Waals surface area contributed by atoms with Gasteiger partial charge in [0.1, 0.15) is 0 Å². The van der Waals surface area contributed by atoms with Gasteiger partial charge in [-0.05, 0) is 49.9 Å². The van der Waals surface area contributed by atoms with Gasteiger partial charge < -0.3 is 5.73 Å². The van der Waals surface area contributed by atoms with Crippen molar-refractivity contribution in [2.24, 2.45) is 11.7 Å². The minimum Gasteiger partial charge on any atom is -0.330 e. The number of rotatable bonds is 5. The minimum atomic E-state index is -3.70. The molecule has 0 aliphatic carbocycles. The lowest BCUT2D eigenvalue weighted by Gasteiger charge is -2.26. The molecule has 0 spiro atoms. The van der Waals surface area contributed by atoms with Gasteiger partial charge >= 0.3 is 0 Å². The van der Waals surface area contributed by atoms with Crippen LogP contribution < -0.4 is 5.73 Å². The number of benzene rings is 1. The first-order valence-electron chi connectivity index (χ1n) is 8.66. The van der Waals surface area contributed by atoms with Crippen molar-refractivity contribution in [1.29, 1.82) is 0 Å². The molecule has 1 unspecified atom stereocenters. The molecule has 0 amide bonds. The maximum atomic E-state index is 12.8. The van der Waals surface area contributed by atoms with E-state index in [1.165, 1.54) is 32.9 Å². The molecule has 0 saturated carbocycles. The van der Waals surface area contributed by atoms with Crippen LogP contribution in [0.4, 0.5) is 0 Å². The first-order valence-corrected chi connectivity index (χ1v) is 11.5. The van der Waals surface area contributed by atoms with Crippen LogP contribution in [0.15, 0.2) is 34.1 Å². The van der Waals surface area contributed by atoms with Crippen molar-refractivity contribution in [1.82, 2.24) is 8.61 Å². The average Bonchev–Trinajstić information content (AvgIpc) is 3.12. The van der Waals surface area contributed by atoms with Gasteiger partial charge in [0.05, 0.1) is 9.79 Å². The fourth-order valence-corrected chi connectivity index (χ4v) is 6.62. The molecule has 2 saturated heterocycles. The van der Waals surface area contributed by atoms with Crippen LogP contribution in [0.2, 0.25) is 0 Å². The second-order valence-corrected chi connectivity index (χ2v) is 10.6. The maximum Gasteiger partial charge on any atom is 0.243 e. The van der Waals surface area contributed by atoms with Gasteiger partial charge in [0.15, 0.2) is 0 Å². The van der Waals surface area contributed by atoms with Gasteiger partial charge in [-0.25, -0.2) is 16.8 Å². The van der Waals surface area contributed by atoms with Crippen LogP contribution >= 0.6 is 12.4 Å². The summed E-state index contributed by atoms with van der Waals surface area (Å²) in [5, 5.41) is 0. The number of nitrogens with zero attached hydrogens (tertiary/aromatic N) is 2. The molecule has 2 heterocycles. The summed E-state index contributed by atoms with van der Waals surface area (Å²) >= 11 is 0. The molecule has 3 rings (SSSR count). The Labute approximate surface area is 162 Å². The van der Waals surface area contributed by atoms with E-state index in [1.54, 1.807) is 0 Å². The maximum absolute atomic E-state index is 12.8. The molecule has 7 nitrogen and oxygen atoms in total. The predicted octanol–water partition coefficient (Wildman–Crippen LogP) is 1.25. The Kier molecular flexibility index (Phi) is 7.09. The summed E-state index contributed by atoms with van der Waals surface area (Å²) in [4.78, 5) is 0.0771. The smallest absolute Gasteiger partial charge is 0.243 e. The topological polar surface area (TPSA) is 101 Å². The lowest BCUT2D eigenvalue weighted by molar-refractivity contribution is 0.346. The van der Waals surface area contributed by atoms with Gasteiger partial charge in [-0.2, -0.15) is 8.61 Å². The average molecular weight is 424 g/mol. The van der Waals surface area contributed by atoms with E-state index in [0.29, 0.717) is 32.7 Å². The Balaban J connectivity index is 0.00000243. The molecule has 10 heteroatoms. The summed E-state index contributed by atoms with van der Waals surface area (Å²) in [5.74, 6) is 0.162. The van der Waals surface area contributed by atoms with Gasteiger partial charge in [-0.15, -0.1) is 12.4 Å². The Morgan fingerprint density at radius 1 is 0.923 bits per heavy atom. The second-order valence-electron chi connectivity index (χ2n) is 6.69. The lowest BCUT2D eigenvalue weighted by atomic mass is 10.1. The van der Waals surface area contributed by atoms with E-state index in [2.05, 4.69) is 0 Å². The molecule has 1 atom stereocenters. The number of nitrogens with two attached hydrogens (primary N) is 1. The molecule has 2 fully saturated rings. The summed E-state index contributed by atoms with van der Waals surface area (Å²) in [6, 6.07) is 5.71. The molecule has 1 aromatic rings. The highest BCUT2D eigenvalue weighted by Gasteiger charge is 2.33. The van der Waals surface area contributed by atoms with Crippen molar-refractivity contribution in [2.45, 2.75) is 35.5 Å². The molecule has 0 bridgehead atoms. The van der Waals surface area contributed by atoms with Crippen molar-refractivity contribution >= 4 is 32.5 Å². The number of halogens is 1. The zero-order valence-corrected chi connectivity index (χ0v) is 17.0. The predicted molar refractivity (Wildman–Crippen MR) is 102 cm³/mol. The van der Waals surface area contributed by atoms with Gasteiger partial charge in [0.25, 0.3) is 0 Å². The SMILES string of the molecule is Cl.NCC1CCN(S(=O)(=O)c2cccc(S(=O)(=O)N3CCCCC3)c2)C1. The fourth-order valence-electron chi connectivity index (χ4n) is 3.41. The van der Waals surface area contributed by atoms with Crippen LogP contribution in [0.5, 0.6) is 0 Å². The molecule has 2 aliphatic heterocycles. The van der Waals surface area contributed by atoms with Crippen LogP contribution in [0.25, 0.3) is 0 Å². The lowest BCUT2D eigenvalue weighted by Crippen LogP contribution is -2.35. The highest BCUT2D eigenvalue weighted by Crippen LogP contribution is 2.27. The van der Waals surface area contributed by atoms with E-state index in [0.717, 1.165) is 25.7 Å². The number of hydrogen-bond donors (Lipinski definition) is 1. The summed E-state index contributed by atoms with van der Waals surface area (Å²) in [6.07, 6.45) is 3.44. The summed E-state index contributed by atoms with van der Waals surface area (Å²) < 4.78 is 54.1. The highest BCUT2D eigenvalue weighted by molar-refractivity contribution is 7.90. The van der Waals surface area contributed by atoms with E-state index in [-0.39, 0.29) is 28.1 Å². The minimum absolute atomic E-state index is 0. The van der Waals surface area contributed by atoms with Crippen molar-refractivity contribution in [3.63, 3.8) is 0 Å². The summed E-state index contributed by atoms with van der Waals surface area (Å²) in [5.41, 5.74) is 5.64. The van der Waals surface area contributed by atoms with E-state index in [9.17, 15) is 16.8 Å². The van der Waals surface area contributed by atoms with E-state index < -0.39 is 20.0 Å². The van der Waals surface area contributed by atoms with Gasteiger partial charge in [-0.1, -0.05) is 12.5 Å². The van der Waals surface area contributed by atoms with E-state index in [1.807, 2.05) is 0 Å². The van der Waals surface area contributed by atoms with Gasteiger partial charge in [-0.3, -0.25) is 0 Å². The number of piperidine rings is 1. The van der Waals surface area contributed by atoms with Crippen LogP contribution in [-0.4, -0.2) is 58.2 Å². The molecule has 2 aliphatic rings. The summed E-state index contributed by atoms with van der Waals surface area (Å²) in [7, 11) is -7.35. The number of sulfonamides is 2. The van der Waals surface area contributed by atoms with Crippen LogP contribution in [0, 0.1) is 5.92 Å². The zero-order valence-electron chi connectivity index (χ0n) is 14.6. The largest absolute Gasteiger partial charge is 0.330 e. The Morgan fingerprint density at radius 3 is 2.04 bits per heavy atom. The normalized spacial score (nSPS) is 22.9. The van der Waals surface area contributed by atoms with Crippen LogP contribution in [-0.2, 0) is 20.0 Å². The third-order valence-corrected chi connectivity index (χ3v) is 8.73. The molecule has 26 heavy (non-hydrogen) atoms. The third-order valence-electron chi connectivity index (χ3n) is 4.98. The first-order chi connectivity index (χ1) is 11.9. The van der Waals surface area contributed by atoms with E-state index in [4.69, 9.17) is 5.73 Å². The Morgan fingerprint density at radius 2 is 1.50 bits per heavy atom. The van der Waals surface area contributed by atoms with Crippen LogP contribution in [0.1, 0.15) is 25.7 Å². The molecule has 148 valence electrons. The zero-order chi connectivity index (χ0) is 18.1. The van der Waals surface area contributed by atoms with Crippen molar-refractivity contribution in [3.05, 3.63) is 24.3 Å². The van der Waals surface area contributed by atoms with Crippen molar-refractivity contribution in [2.75, 3.05) is 32.7 Å². The monoisotopic (exact) mass is 423 g/mol. The molecule has 2 N–H and O–H groups in total. The first kappa shape index (κ1) is 21.6. The van der Waals surface area contributed by atoms with Crippen molar-refractivity contribution in [3.8, 4) is 0 Å². The highest BCUT2D eigenvalue weighted by atomic mass is 35.5. The molecule has 0 aromatic heterocycles. The fraction of sp³-hybridized carbons (Fsp3) is 0.625. The molecular weight excluding hydrogens is 398 g/mol. The Hall–Kier alpha value is -0.710. The standard InChI is InChI=1S/C16H25N3O4S2.ClH/c17-12-14-7-10-19(13-14)25(22,23)16-6-4-5-15(11-16)24(20,21)18-8-2-1-3-9-18;/h4-6,11,14H,1-3,7-10,12-13,17H2;1H. The van der Waals surface area contributed by atoms with E-state index >= 15 is 0 Å². The quantitative estimate of drug-likeness (QED) is 0.768. The number of hydrogen-bond acceptors (Lipinski definition) is 5. The van der Waals surface area contributed by atoms with Gasteiger partial charge in [0, 0.05) is 26.2 Å². The Bertz CT molecular complexity index is 824. The third kappa shape index (κ3) is 4.23. The molecule has 1 aromatic carbocycles. The summed E-state index contributed by atoms with van der Waals surface area (Å²) in [6.45, 7) is 2.25. The molecular formula is C16H26ClN3O4S2. The van der Waals surface area contributed by atoms with Crippen molar-refractivity contribution < 1.29 is 16.8 Å². The molecule has 0 radical (unpaired) electrons. The van der Waals surface area contributed by atoms with Gasteiger partial charge in [0.2, 0.25) is 20.0 Å². The van der Waals surface area contributed by atoms with Crippen LogP contribution in [0.3, 0.4) is 0 Å². The second kappa shape index (κ2) is 8.53.